The summed E-state index contributed by atoms with van der Waals surface area (Å²) in [4.78, 5) is 8.82. The average molecular weight is 220 g/mol. The maximum Gasteiger partial charge on any atom is 0.164 e. The van der Waals surface area contributed by atoms with Gasteiger partial charge in [-0.1, -0.05) is 0 Å². The first kappa shape index (κ1) is 10.9. The van der Waals surface area contributed by atoms with Crippen LogP contribution in [0.15, 0.2) is 12.3 Å². The third-order valence-corrected chi connectivity index (χ3v) is 2.53. The summed E-state index contributed by atoms with van der Waals surface area (Å²) in [7, 11) is 1.63. The standard InChI is InChI=1S/C11H16N4O/c1-7(2)15-9(6-12)14-10-8(16-3)4-5-13-11(10)15/h4-5,7H,6,12H2,1-3H3. The fourth-order valence-corrected chi connectivity index (χ4v) is 1.86. The molecule has 0 atom stereocenters. The molecule has 0 aliphatic heterocycles. The monoisotopic (exact) mass is 220 g/mol. The molecule has 0 unspecified atom stereocenters. The van der Waals surface area contributed by atoms with E-state index in [2.05, 4.69) is 23.8 Å². The average Bonchev–Trinajstić information content (AvgIpc) is 2.66. The lowest BCUT2D eigenvalue weighted by molar-refractivity contribution is 0.418. The van der Waals surface area contributed by atoms with Crippen LogP contribution in [0.4, 0.5) is 0 Å². The Morgan fingerprint density at radius 3 is 2.81 bits per heavy atom. The minimum atomic E-state index is 0.281. The molecule has 0 aromatic carbocycles. The highest BCUT2D eigenvalue weighted by Crippen LogP contribution is 2.26. The Balaban J connectivity index is 2.77. The third kappa shape index (κ3) is 1.53. The first-order valence-corrected chi connectivity index (χ1v) is 5.29. The summed E-state index contributed by atoms with van der Waals surface area (Å²) in [5, 5.41) is 0. The van der Waals surface area contributed by atoms with Gasteiger partial charge in [-0.15, -0.1) is 0 Å². The van der Waals surface area contributed by atoms with Gasteiger partial charge < -0.3 is 15.0 Å². The second-order valence-corrected chi connectivity index (χ2v) is 3.88. The van der Waals surface area contributed by atoms with Crippen LogP contribution in [-0.4, -0.2) is 21.6 Å². The van der Waals surface area contributed by atoms with Crippen LogP contribution < -0.4 is 10.5 Å². The maximum atomic E-state index is 5.69. The number of aromatic nitrogens is 3. The summed E-state index contributed by atoms with van der Waals surface area (Å²) < 4.78 is 7.30. The van der Waals surface area contributed by atoms with Crippen LogP contribution in [0.5, 0.6) is 5.75 Å². The Morgan fingerprint density at radius 2 is 2.25 bits per heavy atom. The summed E-state index contributed by atoms with van der Waals surface area (Å²) in [6.45, 7) is 4.57. The number of imidazole rings is 1. The zero-order chi connectivity index (χ0) is 11.7. The summed E-state index contributed by atoms with van der Waals surface area (Å²) in [5.41, 5.74) is 7.30. The van der Waals surface area contributed by atoms with Crippen molar-refractivity contribution in [2.75, 3.05) is 7.11 Å². The van der Waals surface area contributed by atoms with E-state index in [1.165, 1.54) is 0 Å². The van der Waals surface area contributed by atoms with E-state index in [-0.39, 0.29) is 6.04 Å². The van der Waals surface area contributed by atoms with Crippen LogP contribution in [0.1, 0.15) is 25.7 Å². The van der Waals surface area contributed by atoms with Crippen LogP contribution in [0.3, 0.4) is 0 Å². The van der Waals surface area contributed by atoms with E-state index in [0.717, 1.165) is 22.7 Å². The van der Waals surface area contributed by atoms with Crippen LogP contribution in [0.2, 0.25) is 0 Å². The van der Waals surface area contributed by atoms with Gasteiger partial charge >= 0.3 is 0 Å². The summed E-state index contributed by atoms with van der Waals surface area (Å²) in [5.74, 6) is 1.57. The van der Waals surface area contributed by atoms with E-state index in [1.807, 2.05) is 4.57 Å². The van der Waals surface area contributed by atoms with E-state index in [9.17, 15) is 0 Å². The number of ether oxygens (including phenoxy) is 1. The molecule has 0 bridgehead atoms. The van der Waals surface area contributed by atoms with Crippen molar-refractivity contribution >= 4 is 11.2 Å². The number of hydrogen-bond donors (Lipinski definition) is 1. The molecule has 0 fully saturated rings. The normalized spacial score (nSPS) is 11.3. The van der Waals surface area contributed by atoms with Crippen molar-refractivity contribution in [3.05, 3.63) is 18.1 Å². The van der Waals surface area contributed by atoms with Crippen LogP contribution in [0.25, 0.3) is 11.2 Å². The van der Waals surface area contributed by atoms with Gasteiger partial charge in [-0.2, -0.15) is 0 Å². The second kappa shape index (κ2) is 4.09. The van der Waals surface area contributed by atoms with Gasteiger partial charge in [0.05, 0.1) is 13.7 Å². The Hall–Kier alpha value is -1.62. The van der Waals surface area contributed by atoms with Gasteiger partial charge in [0, 0.05) is 18.3 Å². The number of pyridine rings is 1. The molecule has 5 nitrogen and oxygen atoms in total. The number of hydrogen-bond acceptors (Lipinski definition) is 4. The minimum Gasteiger partial charge on any atom is -0.494 e. The smallest absolute Gasteiger partial charge is 0.164 e. The van der Waals surface area contributed by atoms with Crippen molar-refractivity contribution in [2.45, 2.75) is 26.4 Å². The Kier molecular flexibility index (Phi) is 2.78. The van der Waals surface area contributed by atoms with E-state index in [0.29, 0.717) is 6.54 Å². The molecule has 2 N–H and O–H groups in total. The SMILES string of the molecule is COc1ccnc2c1nc(CN)n2C(C)C. The number of nitrogens with two attached hydrogens (primary N) is 1. The molecule has 0 radical (unpaired) electrons. The molecule has 2 rings (SSSR count). The van der Waals surface area contributed by atoms with E-state index < -0.39 is 0 Å². The lowest BCUT2D eigenvalue weighted by atomic mass is 10.3. The molecule has 5 heteroatoms. The van der Waals surface area contributed by atoms with E-state index in [4.69, 9.17) is 10.5 Å². The lowest BCUT2D eigenvalue weighted by Crippen LogP contribution is -2.10. The molecule has 16 heavy (non-hydrogen) atoms. The molecule has 86 valence electrons. The molecular formula is C11H16N4O. The molecule has 0 saturated heterocycles. The quantitative estimate of drug-likeness (QED) is 0.850. The third-order valence-electron chi connectivity index (χ3n) is 2.53. The second-order valence-electron chi connectivity index (χ2n) is 3.88. The number of nitrogens with zero attached hydrogens (tertiary/aromatic N) is 3. The zero-order valence-corrected chi connectivity index (χ0v) is 9.77. The predicted octanol–water partition coefficient (Wildman–Crippen LogP) is 1.48. The van der Waals surface area contributed by atoms with Crippen LogP contribution in [-0.2, 0) is 6.54 Å². The molecule has 0 amide bonds. The van der Waals surface area contributed by atoms with Gasteiger partial charge in [0.15, 0.2) is 5.65 Å². The largest absolute Gasteiger partial charge is 0.494 e. The minimum absolute atomic E-state index is 0.281. The Labute approximate surface area is 94.2 Å². The van der Waals surface area contributed by atoms with Gasteiger partial charge in [-0.05, 0) is 13.8 Å². The van der Waals surface area contributed by atoms with Crippen molar-refractivity contribution in [2.24, 2.45) is 5.73 Å². The fourth-order valence-electron chi connectivity index (χ4n) is 1.86. The predicted molar refractivity (Wildman–Crippen MR) is 62.4 cm³/mol. The highest BCUT2D eigenvalue weighted by atomic mass is 16.5. The Morgan fingerprint density at radius 1 is 1.50 bits per heavy atom. The molecular weight excluding hydrogens is 204 g/mol. The molecule has 0 spiro atoms. The van der Waals surface area contributed by atoms with Gasteiger partial charge in [-0.25, -0.2) is 9.97 Å². The van der Waals surface area contributed by atoms with Crippen molar-refractivity contribution in [3.8, 4) is 5.75 Å². The van der Waals surface area contributed by atoms with Crippen molar-refractivity contribution in [1.29, 1.82) is 0 Å². The molecule has 2 aromatic heterocycles. The first-order chi connectivity index (χ1) is 7.69. The molecule has 0 saturated carbocycles. The molecule has 0 aliphatic rings. The lowest BCUT2D eigenvalue weighted by Gasteiger charge is -2.10. The van der Waals surface area contributed by atoms with Crippen LogP contribution >= 0.6 is 0 Å². The van der Waals surface area contributed by atoms with Gasteiger partial charge in [0.25, 0.3) is 0 Å². The zero-order valence-electron chi connectivity index (χ0n) is 9.77. The number of methoxy groups -OCH3 is 1. The van der Waals surface area contributed by atoms with Crippen molar-refractivity contribution < 1.29 is 4.74 Å². The van der Waals surface area contributed by atoms with Crippen LogP contribution in [0, 0.1) is 0 Å². The first-order valence-electron chi connectivity index (χ1n) is 5.29. The molecule has 0 aliphatic carbocycles. The molecule has 2 heterocycles. The summed E-state index contributed by atoms with van der Waals surface area (Å²) >= 11 is 0. The number of rotatable bonds is 3. The number of fused-ring (bicyclic) bond motifs is 1. The van der Waals surface area contributed by atoms with Gasteiger partial charge in [0.2, 0.25) is 0 Å². The van der Waals surface area contributed by atoms with Gasteiger partial charge in [0.1, 0.15) is 17.1 Å². The van der Waals surface area contributed by atoms with E-state index in [1.54, 1.807) is 19.4 Å². The van der Waals surface area contributed by atoms with Crippen molar-refractivity contribution in [3.63, 3.8) is 0 Å². The highest BCUT2D eigenvalue weighted by molar-refractivity contribution is 5.78. The fraction of sp³-hybridized carbons (Fsp3) is 0.455. The highest BCUT2D eigenvalue weighted by Gasteiger charge is 2.15. The maximum absolute atomic E-state index is 5.69. The summed E-state index contributed by atoms with van der Waals surface area (Å²) in [6.07, 6.45) is 1.72. The molecule has 2 aromatic rings. The summed E-state index contributed by atoms with van der Waals surface area (Å²) in [6, 6.07) is 2.09. The van der Waals surface area contributed by atoms with Crippen molar-refractivity contribution in [1.82, 2.24) is 14.5 Å². The topological polar surface area (TPSA) is 66.0 Å². The van der Waals surface area contributed by atoms with Gasteiger partial charge in [-0.3, -0.25) is 0 Å². The van der Waals surface area contributed by atoms with E-state index >= 15 is 0 Å². The Bertz CT molecular complexity index is 504.